The van der Waals surface area contributed by atoms with Crippen LogP contribution in [0.4, 0.5) is 0 Å². The molecule has 1 heterocycles. The van der Waals surface area contributed by atoms with E-state index in [-0.39, 0.29) is 12.2 Å². The fraction of sp³-hybridized carbons (Fsp3) is 0.231. The highest BCUT2D eigenvalue weighted by atomic mass is 35.5. The van der Waals surface area contributed by atoms with E-state index in [1.807, 2.05) is 0 Å². The molecule has 1 aromatic carbocycles. The number of fused-ring (bicyclic) bond motifs is 1. The topological polar surface area (TPSA) is 65.7 Å². The molecule has 2 aromatic rings. The highest BCUT2D eigenvalue weighted by Gasteiger charge is 2.16. The standard InChI is InChI=1S/C13H11ClO5/c1-3-18-12(15)8-4-7-5-9(14)11(17-2)6-10(7)19-13(8)16/h4-6H,3H2,1-2H3. The highest BCUT2D eigenvalue weighted by Crippen LogP contribution is 2.29. The normalized spacial score (nSPS) is 10.5. The number of methoxy groups -OCH3 is 1. The lowest BCUT2D eigenvalue weighted by Gasteiger charge is -2.06. The van der Waals surface area contributed by atoms with Gasteiger partial charge in [0.05, 0.1) is 18.7 Å². The van der Waals surface area contributed by atoms with Crippen molar-refractivity contribution in [2.24, 2.45) is 0 Å². The van der Waals surface area contributed by atoms with Gasteiger partial charge in [0.2, 0.25) is 0 Å². The van der Waals surface area contributed by atoms with Crippen LogP contribution in [-0.2, 0) is 4.74 Å². The second-order valence-corrected chi connectivity index (χ2v) is 4.10. The van der Waals surface area contributed by atoms with E-state index in [2.05, 4.69) is 0 Å². The monoisotopic (exact) mass is 282 g/mol. The summed E-state index contributed by atoms with van der Waals surface area (Å²) in [5.74, 6) is -0.328. The Kier molecular flexibility index (Phi) is 3.76. The first-order chi connectivity index (χ1) is 9.06. The molecule has 0 fully saturated rings. The van der Waals surface area contributed by atoms with E-state index in [1.165, 1.54) is 19.2 Å². The average molecular weight is 283 g/mol. The van der Waals surface area contributed by atoms with E-state index in [0.29, 0.717) is 21.7 Å². The van der Waals surface area contributed by atoms with Gasteiger partial charge >= 0.3 is 11.6 Å². The third kappa shape index (κ3) is 2.56. The van der Waals surface area contributed by atoms with E-state index in [9.17, 15) is 9.59 Å². The van der Waals surface area contributed by atoms with Crippen molar-refractivity contribution in [1.29, 1.82) is 0 Å². The minimum Gasteiger partial charge on any atom is -0.495 e. The Morgan fingerprint density at radius 1 is 1.37 bits per heavy atom. The SMILES string of the molecule is CCOC(=O)c1cc2cc(Cl)c(OC)cc2oc1=O. The Hall–Kier alpha value is -2.01. The van der Waals surface area contributed by atoms with E-state index < -0.39 is 11.6 Å². The number of rotatable bonds is 3. The lowest BCUT2D eigenvalue weighted by atomic mass is 10.2. The van der Waals surface area contributed by atoms with Crippen LogP contribution in [-0.4, -0.2) is 19.7 Å². The lowest BCUT2D eigenvalue weighted by molar-refractivity contribution is 0.0522. The van der Waals surface area contributed by atoms with Gasteiger partial charge in [-0.15, -0.1) is 0 Å². The largest absolute Gasteiger partial charge is 0.495 e. The minimum atomic E-state index is -0.754. The lowest BCUT2D eigenvalue weighted by Crippen LogP contribution is -2.16. The summed E-state index contributed by atoms with van der Waals surface area (Å²) in [5.41, 5.74) is -0.620. The van der Waals surface area contributed by atoms with Gasteiger partial charge in [-0.25, -0.2) is 9.59 Å². The number of ether oxygens (including phenoxy) is 2. The maximum Gasteiger partial charge on any atom is 0.351 e. The van der Waals surface area contributed by atoms with Crippen LogP contribution in [0.25, 0.3) is 11.0 Å². The van der Waals surface area contributed by atoms with E-state index in [0.717, 1.165) is 0 Å². The van der Waals surface area contributed by atoms with Crippen LogP contribution in [0.2, 0.25) is 5.02 Å². The van der Waals surface area contributed by atoms with E-state index >= 15 is 0 Å². The number of hydrogen-bond acceptors (Lipinski definition) is 5. The molecule has 100 valence electrons. The highest BCUT2D eigenvalue weighted by molar-refractivity contribution is 6.32. The maximum atomic E-state index is 11.7. The predicted molar refractivity (Wildman–Crippen MR) is 70.0 cm³/mol. The molecule has 0 aliphatic carbocycles. The molecule has 0 N–H and O–H groups in total. The summed E-state index contributed by atoms with van der Waals surface area (Å²) >= 11 is 5.98. The van der Waals surface area contributed by atoms with Gasteiger partial charge in [-0.2, -0.15) is 0 Å². The van der Waals surface area contributed by atoms with Crippen molar-refractivity contribution in [1.82, 2.24) is 0 Å². The van der Waals surface area contributed by atoms with Crippen LogP contribution in [0.5, 0.6) is 5.75 Å². The molecule has 0 bridgehead atoms. The Morgan fingerprint density at radius 2 is 2.11 bits per heavy atom. The van der Waals surface area contributed by atoms with Gasteiger partial charge in [0, 0.05) is 11.5 Å². The van der Waals surface area contributed by atoms with Crippen molar-refractivity contribution in [3.05, 3.63) is 39.2 Å². The van der Waals surface area contributed by atoms with E-state index in [4.69, 9.17) is 25.5 Å². The zero-order valence-electron chi connectivity index (χ0n) is 10.4. The molecule has 6 heteroatoms. The first-order valence-electron chi connectivity index (χ1n) is 5.55. The molecule has 0 saturated heterocycles. The summed E-state index contributed by atoms with van der Waals surface area (Å²) in [6.07, 6.45) is 0. The number of benzene rings is 1. The smallest absolute Gasteiger partial charge is 0.351 e. The molecule has 0 radical (unpaired) electrons. The molecule has 1 aromatic heterocycles. The summed E-state index contributed by atoms with van der Waals surface area (Å²) in [6.45, 7) is 1.84. The van der Waals surface area contributed by atoms with Gasteiger partial charge in [0.15, 0.2) is 0 Å². The van der Waals surface area contributed by atoms with Crippen molar-refractivity contribution >= 4 is 28.5 Å². The number of carbonyl (C=O) groups is 1. The fourth-order valence-electron chi connectivity index (χ4n) is 1.63. The molecule has 0 saturated carbocycles. The van der Waals surface area contributed by atoms with Crippen LogP contribution < -0.4 is 10.4 Å². The Morgan fingerprint density at radius 3 is 2.74 bits per heavy atom. The molecule has 2 rings (SSSR count). The third-order valence-corrected chi connectivity index (χ3v) is 2.80. The first-order valence-corrected chi connectivity index (χ1v) is 5.93. The minimum absolute atomic E-state index is 0.157. The quantitative estimate of drug-likeness (QED) is 0.639. The van der Waals surface area contributed by atoms with Crippen molar-refractivity contribution < 1.29 is 18.7 Å². The molecule has 0 aliphatic rings. The second kappa shape index (κ2) is 5.32. The molecular formula is C13H11ClO5. The van der Waals surface area contributed by atoms with E-state index in [1.54, 1.807) is 13.0 Å². The van der Waals surface area contributed by atoms with Crippen molar-refractivity contribution in [2.75, 3.05) is 13.7 Å². The summed E-state index contributed by atoms with van der Waals surface area (Å²) in [6, 6.07) is 4.44. The van der Waals surface area contributed by atoms with Crippen LogP contribution in [0.3, 0.4) is 0 Å². The van der Waals surface area contributed by atoms with Gasteiger partial charge in [-0.1, -0.05) is 11.6 Å². The van der Waals surface area contributed by atoms with Crippen LogP contribution in [0.15, 0.2) is 27.4 Å². The molecule has 0 amide bonds. The predicted octanol–water partition coefficient (Wildman–Crippen LogP) is 2.63. The zero-order valence-corrected chi connectivity index (χ0v) is 11.1. The number of esters is 1. The maximum absolute atomic E-state index is 11.7. The van der Waals surface area contributed by atoms with Crippen molar-refractivity contribution in [2.45, 2.75) is 6.92 Å². The molecule has 0 unspecified atom stereocenters. The molecule has 0 aliphatic heterocycles. The van der Waals surface area contributed by atoms with Gasteiger partial charge in [0.25, 0.3) is 0 Å². The Labute approximate surface area is 113 Å². The molecule has 19 heavy (non-hydrogen) atoms. The molecule has 5 nitrogen and oxygen atoms in total. The van der Waals surface area contributed by atoms with Gasteiger partial charge < -0.3 is 13.9 Å². The average Bonchev–Trinajstić information content (AvgIpc) is 2.38. The molecular weight excluding hydrogens is 272 g/mol. The summed E-state index contributed by atoms with van der Waals surface area (Å²) in [7, 11) is 1.46. The summed E-state index contributed by atoms with van der Waals surface area (Å²) in [5, 5.41) is 0.882. The Bertz CT molecular complexity index is 689. The zero-order chi connectivity index (χ0) is 14.0. The van der Waals surface area contributed by atoms with Crippen molar-refractivity contribution in [3.8, 4) is 5.75 Å². The number of carbonyl (C=O) groups excluding carboxylic acids is 1. The number of hydrogen-bond donors (Lipinski definition) is 0. The molecule has 0 atom stereocenters. The third-order valence-electron chi connectivity index (χ3n) is 2.50. The molecule has 0 spiro atoms. The van der Waals surface area contributed by atoms with Crippen molar-refractivity contribution in [3.63, 3.8) is 0 Å². The van der Waals surface area contributed by atoms with Gasteiger partial charge in [-0.3, -0.25) is 0 Å². The summed E-state index contributed by atoms with van der Waals surface area (Å²) in [4.78, 5) is 23.3. The van der Waals surface area contributed by atoms with Crippen LogP contribution >= 0.6 is 11.6 Å². The van der Waals surface area contributed by atoms with Crippen LogP contribution in [0.1, 0.15) is 17.3 Å². The van der Waals surface area contributed by atoms with Gasteiger partial charge in [0.1, 0.15) is 16.9 Å². The number of halogens is 1. The first kappa shape index (κ1) is 13.4. The van der Waals surface area contributed by atoms with Crippen LogP contribution in [0, 0.1) is 0 Å². The Balaban J connectivity index is 2.63. The fourth-order valence-corrected chi connectivity index (χ4v) is 1.88. The second-order valence-electron chi connectivity index (χ2n) is 3.69. The van der Waals surface area contributed by atoms with Gasteiger partial charge in [-0.05, 0) is 19.1 Å². The summed E-state index contributed by atoms with van der Waals surface area (Å²) < 4.78 is 14.9.